The number of rotatable bonds is 9. The molecule has 2 aromatic heterocycles. The number of thioether (sulfide) groups is 1. The van der Waals surface area contributed by atoms with E-state index in [-0.39, 0.29) is 17.7 Å². The molecular weight excluding hydrogens is 410 g/mol. The maximum atomic E-state index is 12.2. The zero-order valence-corrected chi connectivity index (χ0v) is 18.3. The van der Waals surface area contributed by atoms with Crippen molar-refractivity contribution in [2.75, 3.05) is 32.3 Å². The summed E-state index contributed by atoms with van der Waals surface area (Å²) in [5.74, 6) is 1.33. The molecule has 0 unspecified atom stereocenters. The first-order valence-electron chi connectivity index (χ1n) is 9.02. The Bertz CT molecular complexity index is 939. The summed E-state index contributed by atoms with van der Waals surface area (Å²) in [5, 5.41) is 13.8. The Kier molecular flexibility index (Phi) is 7.24. The average molecular weight is 434 g/mol. The van der Waals surface area contributed by atoms with Crippen molar-refractivity contribution in [2.45, 2.75) is 24.6 Å². The van der Waals surface area contributed by atoms with Crippen LogP contribution in [-0.4, -0.2) is 52.9 Å². The lowest BCUT2D eigenvalue weighted by Crippen LogP contribution is -2.19. The van der Waals surface area contributed by atoms with E-state index in [2.05, 4.69) is 27.4 Å². The predicted octanol–water partition coefficient (Wildman–Crippen LogP) is 3.95. The van der Waals surface area contributed by atoms with Crippen LogP contribution in [0.1, 0.15) is 25.3 Å². The van der Waals surface area contributed by atoms with Crippen LogP contribution in [-0.2, 0) is 4.79 Å². The summed E-state index contributed by atoms with van der Waals surface area (Å²) in [7, 11) is 5.56. The number of aromatic nitrogens is 3. The summed E-state index contributed by atoms with van der Waals surface area (Å²) in [4.78, 5) is 18.7. The molecule has 154 valence electrons. The molecular formula is C19H23N5O3S2. The summed E-state index contributed by atoms with van der Waals surface area (Å²) in [6.45, 7) is 2.06. The second-order valence-corrected chi connectivity index (χ2v) is 8.18. The number of carbonyl (C=O) groups is 1. The van der Waals surface area contributed by atoms with Gasteiger partial charge in [-0.1, -0.05) is 18.7 Å². The van der Waals surface area contributed by atoms with Crippen molar-refractivity contribution >= 4 is 34.1 Å². The van der Waals surface area contributed by atoms with E-state index >= 15 is 0 Å². The van der Waals surface area contributed by atoms with Gasteiger partial charge in [-0.3, -0.25) is 9.69 Å². The summed E-state index contributed by atoms with van der Waals surface area (Å²) in [6, 6.07) is 7.68. The van der Waals surface area contributed by atoms with Crippen LogP contribution < -0.4 is 10.1 Å². The van der Waals surface area contributed by atoms with E-state index in [1.807, 2.05) is 48.6 Å². The molecule has 1 N–H and O–H groups in total. The molecule has 0 radical (unpaired) electrons. The highest BCUT2D eigenvalue weighted by molar-refractivity contribution is 7.99. The van der Waals surface area contributed by atoms with Crippen molar-refractivity contribution in [1.29, 1.82) is 0 Å². The topological polar surface area (TPSA) is 93.4 Å². The zero-order chi connectivity index (χ0) is 20.8. The average Bonchev–Trinajstić information content (AvgIpc) is 3.37. The van der Waals surface area contributed by atoms with Crippen LogP contribution in [0.5, 0.6) is 5.75 Å². The summed E-state index contributed by atoms with van der Waals surface area (Å²) in [6.07, 6.45) is 0.861. The van der Waals surface area contributed by atoms with Crippen molar-refractivity contribution in [2.24, 2.45) is 0 Å². The first-order valence-corrected chi connectivity index (χ1v) is 10.9. The minimum Gasteiger partial charge on any atom is -0.497 e. The highest BCUT2D eigenvalue weighted by Gasteiger charge is 2.19. The third-order valence-corrected chi connectivity index (χ3v) is 5.76. The molecule has 0 aliphatic heterocycles. The van der Waals surface area contributed by atoms with Crippen molar-refractivity contribution in [3.05, 3.63) is 35.5 Å². The maximum absolute atomic E-state index is 12.2. The second kappa shape index (κ2) is 9.86. The quantitative estimate of drug-likeness (QED) is 0.507. The number of methoxy groups -OCH3 is 1. The molecule has 0 saturated heterocycles. The first-order chi connectivity index (χ1) is 14.0. The molecule has 0 aliphatic carbocycles. The molecule has 0 fully saturated rings. The Balaban J connectivity index is 1.54. The second-order valence-electron chi connectivity index (χ2n) is 6.40. The molecule has 3 rings (SSSR count). The smallest absolute Gasteiger partial charge is 0.277 e. The predicted molar refractivity (Wildman–Crippen MR) is 114 cm³/mol. The molecule has 2 heterocycles. The van der Waals surface area contributed by atoms with Gasteiger partial charge in [-0.05, 0) is 44.8 Å². The largest absolute Gasteiger partial charge is 0.497 e. The lowest BCUT2D eigenvalue weighted by atomic mass is 10.2. The van der Waals surface area contributed by atoms with Gasteiger partial charge < -0.3 is 14.5 Å². The molecule has 1 atom stereocenters. The van der Waals surface area contributed by atoms with Gasteiger partial charge in [0.25, 0.3) is 5.22 Å². The fourth-order valence-corrected chi connectivity index (χ4v) is 3.99. The molecule has 0 saturated carbocycles. The number of nitrogens with one attached hydrogen (secondary N) is 1. The Hall–Kier alpha value is -2.43. The Morgan fingerprint density at radius 2 is 2.07 bits per heavy atom. The van der Waals surface area contributed by atoms with Crippen molar-refractivity contribution in [3.8, 4) is 17.0 Å². The third-order valence-electron chi connectivity index (χ3n) is 4.18. The van der Waals surface area contributed by atoms with Gasteiger partial charge in [-0.25, -0.2) is 4.98 Å². The highest BCUT2D eigenvalue weighted by atomic mass is 32.2. The highest BCUT2D eigenvalue weighted by Crippen LogP contribution is 2.27. The first kappa shape index (κ1) is 21.3. The van der Waals surface area contributed by atoms with Crippen LogP contribution in [0.15, 0.2) is 39.3 Å². The molecule has 0 bridgehead atoms. The van der Waals surface area contributed by atoms with Gasteiger partial charge in [-0.15, -0.1) is 21.5 Å². The van der Waals surface area contributed by atoms with E-state index < -0.39 is 0 Å². The van der Waals surface area contributed by atoms with E-state index in [9.17, 15) is 4.79 Å². The summed E-state index contributed by atoms with van der Waals surface area (Å²) < 4.78 is 10.8. The molecule has 29 heavy (non-hydrogen) atoms. The van der Waals surface area contributed by atoms with Crippen LogP contribution >= 0.6 is 23.1 Å². The Labute approximate surface area is 177 Å². The number of nitrogens with zero attached hydrogens (tertiary/aromatic N) is 4. The number of carbonyl (C=O) groups excluding carboxylic acids is 1. The van der Waals surface area contributed by atoms with E-state index in [1.54, 1.807) is 7.11 Å². The Morgan fingerprint density at radius 1 is 1.31 bits per heavy atom. The number of ether oxygens (including phenoxy) is 1. The van der Waals surface area contributed by atoms with E-state index in [0.717, 1.165) is 23.4 Å². The number of anilines is 1. The lowest BCUT2D eigenvalue weighted by molar-refractivity contribution is -0.113. The van der Waals surface area contributed by atoms with Crippen LogP contribution in [0.3, 0.4) is 0 Å². The lowest BCUT2D eigenvalue weighted by Gasteiger charge is -2.18. The summed E-state index contributed by atoms with van der Waals surface area (Å²) in [5.41, 5.74) is 1.76. The van der Waals surface area contributed by atoms with E-state index in [4.69, 9.17) is 9.15 Å². The fourth-order valence-electron chi connectivity index (χ4n) is 2.68. The summed E-state index contributed by atoms with van der Waals surface area (Å²) >= 11 is 2.59. The van der Waals surface area contributed by atoms with Gasteiger partial charge in [0.15, 0.2) is 5.13 Å². The number of thiazole rings is 1. The van der Waals surface area contributed by atoms with Gasteiger partial charge in [0.2, 0.25) is 11.8 Å². The van der Waals surface area contributed by atoms with Gasteiger partial charge in [0, 0.05) is 10.9 Å². The van der Waals surface area contributed by atoms with E-state index in [0.29, 0.717) is 16.2 Å². The molecule has 3 aromatic rings. The van der Waals surface area contributed by atoms with Crippen LogP contribution in [0, 0.1) is 0 Å². The van der Waals surface area contributed by atoms with Gasteiger partial charge >= 0.3 is 0 Å². The van der Waals surface area contributed by atoms with E-state index in [1.165, 1.54) is 23.1 Å². The number of amides is 1. The molecule has 0 spiro atoms. The third kappa shape index (κ3) is 5.55. The standard InChI is InChI=1S/C19H23N5O3S2/c1-5-15(24(2)3)17-22-23-19(27-17)29-11-16(25)21-18-20-14(10-28-18)12-6-8-13(26-4)9-7-12/h6-10,15H,5,11H2,1-4H3,(H,20,21,25)/t15-/m1/s1. The zero-order valence-electron chi connectivity index (χ0n) is 16.7. The van der Waals surface area contributed by atoms with Crippen LogP contribution in [0.2, 0.25) is 0 Å². The van der Waals surface area contributed by atoms with Crippen molar-refractivity contribution in [1.82, 2.24) is 20.1 Å². The van der Waals surface area contributed by atoms with Gasteiger partial charge in [0.05, 0.1) is 24.6 Å². The normalized spacial score (nSPS) is 12.2. The number of hydrogen-bond acceptors (Lipinski definition) is 9. The van der Waals surface area contributed by atoms with Crippen LogP contribution in [0.4, 0.5) is 5.13 Å². The molecule has 1 amide bonds. The van der Waals surface area contributed by atoms with Gasteiger partial charge in [-0.2, -0.15) is 0 Å². The number of benzene rings is 1. The minimum absolute atomic E-state index is 0.0670. The van der Waals surface area contributed by atoms with Crippen molar-refractivity contribution < 1.29 is 13.9 Å². The molecule has 1 aromatic carbocycles. The fraction of sp³-hybridized carbons (Fsp3) is 0.368. The molecule has 8 nitrogen and oxygen atoms in total. The monoisotopic (exact) mass is 433 g/mol. The molecule has 0 aliphatic rings. The van der Waals surface area contributed by atoms with Crippen LogP contribution in [0.25, 0.3) is 11.3 Å². The number of hydrogen-bond donors (Lipinski definition) is 1. The minimum atomic E-state index is -0.176. The SMILES string of the molecule is CC[C@H](c1nnc(SCC(=O)Nc2nc(-c3ccc(OC)cc3)cs2)o1)N(C)C. The van der Waals surface area contributed by atoms with Crippen molar-refractivity contribution in [3.63, 3.8) is 0 Å². The molecule has 10 heteroatoms. The van der Waals surface area contributed by atoms with Gasteiger partial charge in [0.1, 0.15) is 5.75 Å². The Morgan fingerprint density at radius 3 is 2.72 bits per heavy atom. The maximum Gasteiger partial charge on any atom is 0.277 e.